The van der Waals surface area contributed by atoms with Crippen molar-refractivity contribution in [1.82, 2.24) is 10.3 Å². The molecule has 2 N–H and O–H groups in total. The van der Waals surface area contributed by atoms with Crippen molar-refractivity contribution >= 4 is 22.8 Å². The molecule has 0 saturated carbocycles. The van der Waals surface area contributed by atoms with Crippen molar-refractivity contribution in [2.75, 3.05) is 6.54 Å². The summed E-state index contributed by atoms with van der Waals surface area (Å²) in [6, 6.07) is 7.13. The van der Waals surface area contributed by atoms with Crippen molar-refractivity contribution in [3.8, 4) is 0 Å². The average Bonchev–Trinajstić information content (AvgIpc) is 2.38. The lowest BCUT2D eigenvalue weighted by Gasteiger charge is -2.06. The van der Waals surface area contributed by atoms with Crippen molar-refractivity contribution in [2.45, 2.75) is 13.3 Å². The topological polar surface area (TPSA) is 79.3 Å². The number of fused-ring (bicyclic) bond motifs is 1. The van der Waals surface area contributed by atoms with E-state index in [1.807, 2.05) is 13.0 Å². The highest BCUT2D eigenvalue weighted by Gasteiger charge is 2.08. The molecule has 0 unspecified atom stereocenters. The number of carboxylic acids is 1. The number of carbonyl (C=O) groups is 2. The molecule has 0 aliphatic heterocycles. The zero-order chi connectivity index (χ0) is 13.8. The molecule has 2 rings (SSSR count). The minimum atomic E-state index is -0.932. The molecule has 0 spiro atoms. The first-order chi connectivity index (χ1) is 9.08. The number of amides is 1. The predicted octanol–water partition coefficient (Wildman–Crippen LogP) is 1.75. The molecular formula is C14H14N2O3. The van der Waals surface area contributed by atoms with Gasteiger partial charge >= 0.3 is 5.97 Å². The standard InChI is InChI=1S/C14H14N2O3/c1-9-4-6-15-12-3-2-10(8-11(9)12)14(19)16-7-5-13(17)18/h2-4,6,8H,5,7H2,1H3,(H,16,19)(H,17,18). The van der Waals surface area contributed by atoms with E-state index in [1.54, 1.807) is 24.4 Å². The van der Waals surface area contributed by atoms with Crippen molar-refractivity contribution in [1.29, 1.82) is 0 Å². The Kier molecular flexibility index (Phi) is 3.75. The van der Waals surface area contributed by atoms with Crippen LogP contribution in [0.3, 0.4) is 0 Å². The number of aromatic nitrogens is 1. The van der Waals surface area contributed by atoms with Gasteiger partial charge in [0.1, 0.15) is 0 Å². The molecule has 98 valence electrons. The Morgan fingerprint density at radius 1 is 1.32 bits per heavy atom. The van der Waals surface area contributed by atoms with Crippen LogP contribution in [0.1, 0.15) is 22.3 Å². The molecule has 0 fully saturated rings. The molecule has 0 bridgehead atoms. The molecule has 0 aliphatic carbocycles. The second kappa shape index (κ2) is 5.48. The molecule has 5 nitrogen and oxygen atoms in total. The Morgan fingerprint density at radius 3 is 2.84 bits per heavy atom. The van der Waals surface area contributed by atoms with E-state index in [0.29, 0.717) is 5.56 Å². The van der Waals surface area contributed by atoms with Gasteiger partial charge in [-0.1, -0.05) is 0 Å². The number of pyridine rings is 1. The van der Waals surface area contributed by atoms with Crippen molar-refractivity contribution in [3.05, 3.63) is 41.6 Å². The van der Waals surface area contributed by atoms with Gasteiger partial charge in [-0.2, -0.15) is 0 Å². The summed E-state index contributed by atoms with van der Waals surface area (Å²) in [6.07, 6.45) is 1.64. The lowest BCUT2D eigenvalue weighted by atomic mass is 10.1. The van der Waals surface area contributed by atoms with Crippen LogP contribution < -0.4 is 5.32 Å². The lowest BCUT2D eigenvalue weighted by molar-refractivity contribution is -0.136. The molecule has 5 heteroatoms. The third kappa shape index (κ3) is 3.07. The van der Waals surface area contributed by atoms with E-state index in [-0.39, 0.29) is 18.9 Å². The maximum Gasteiger partial charge on any atom is 0.305 e. The first kappa shape index (κ1) is 13.0. The highest BCUT2D eigenvalue weighted by atomic mass is 16.4. The third-order valence-corrected chi connectivity index (χ3v) is 2.85. The van der Waals surface area contributed by atoms with Gasteiger partial charge in [-0.3, -0.25) is 14.6 Å². The van der Waals surface area contributed by atoms with Gasteiger partial charge in [0.05, 0.1) is 11.9 Å². The van der Waals surface area contributed by atoms with Crippen LogP contribution in [-0.2, 0) is 4.79 Å². The number of aryl methyl sites for hydroxylation is 1. The summed E-state index contributed by atoms with van der Waals surface area (Å²) in [5.41, 5.74) is 2.39. The Balaban J connectivity index is 2.18. The van der Waals surface area contributed by atoms with E-state index in [1.165, 1.54) is 0 Å². The largest absolute Gasteiger partial charge is 0.481 e. The molecule has 19 heavy (non-hydrogen) atoms. The fraction of sp³-hybridized carbons (Fsp3) is 0.214. The quantitative estimate of drug-likeness (QED) is 0.875. The summed E-state index contributed by atoms with van der Waals surface area (Å²) in [7, 11) is 0. The van der Waals surface area contributed by atoms with Crippen LogP contribution in [0.5, 0.6) is 0 Å². The molecule has 0 radical (unpaired) electrons. The van der Waals surface area contributed by atoms with Gasteiger partial charge in [-0.25, -0.2) is 0 Å². The molecule has 0 saturated heterocycles. The van der Waals surface area contributed by atoms with E-state index in [2.05, 4.69) is 10.3 Å². The smallest absolute Gasteiger partial charge is 0.305 e. The van der Waals surface area contributed by atoms with E-state index in [9.17, 15) is 9.59 Å². The molecule has 0 aliphatic rings. The number of aliphatic carboxylic acids is 1. The Hall–Kier alpha value is -2.43. The third-order valence-electron chi connectivity index (χ3n) is 2.85. The number of carboxylic acid groups (broad SMARTS) is 1. The first-order valence-corrected chi connectivity index (χ1v) is 5.93. The highest BCUT2D eigenvalue weighted by Crippen LogP contribution is 2.17. The second-order valence-corrected chi connectivity index (χ2v) is 4.26. The summed E-state index contributed by atoms with van der Waals surface area (Å²) in [4.78, 5) is 26.5. The maximum absolute atomic E-state index is 11.9. The van der Waals surface area contributed by atoms with Gasteiger partial charge in [-0.05, 0) is 36.8 Å². The molecular weight excluding hydrogens is 244 g/mol. The van der Waals surface area contributed by atoms with Gasteiger partial charge in [0.25, 0.3) is 5.91 Å². The van der Waals surface area contributed by atoms with E-state index in [0.717, 1.165) is 16.5 Å². The fourth-order valence-electron chi connectivity index (χ4n) is 1.81. The molecule has 0 atom stereocenters. The summed E-state index contributed by atoms with van der Waals surface area (Å²) < 4.78 is 0. The minimum Gasteiger partial charge on any atom is -0.481 e. The number of hydrogen-bond donors (Lipinski definition) is 2. The summed E-state index contributed by atoms with van der Waals surface area (Å²) in [5, 5.41) is 12.0. The number of rotatable bonds is 4. The SMILES string of the molecule is Cc1ccnc2ccc(C(=O)NCCC(=O)O)cc12. The van der Waals surface area contributed by atoms with Gasteiger partial charge in [0.2, 0.25) is 0 Å². The Bertz CT molecular complexity index is 638. The summed E-state index contributed by atoms with van der Waals surface area (Å²) in [6.45, 7) is 2.08. The Labute approximate surface area is 110 Å². The number of hydrogen-bond acceptors (Lipinski definition) is 3. The fourth-order valence-corrected chi connectivity index (χ4v) is 1.81. The zero-order valence-electron chi connectivity index (χ0n) is 10.5. The predicted molar refractivity (Wildman–Crippen MR) is 71.1 cm³/mol. The summed E-state index contributed by atoms with van der Waals surface area (Å²) in [5.74, 6) is -1.20. The normalized spacial score (nSPS) is 10.4. The molecule has 1 amide bonds. The lowest BCUT2D eigenvalue weighted by Crippen LogP contribution is -2.25. The van der Waals surface area contributed by atoms with Gasteiger partial charge < -0.3 is 10.4 Å². The minimum absolute atomic E-state index is 0.0834. The summed E-state index contributed by atoms with van der Waals surface area (Å²) >= 11 is 0. The first-order valence-electron chi connectivity index (χ1n) is 5.93. The van der Waals surface area contributed by atoms with Crippen molar-refractivity contribution in [3.63, 3.8) is 0 Å². The Morgan fingerprint density at radius 2 is 2.11 bits per heavy atom. The molecule has 1 aromatic carbocycles. The van der Waals surface area contributed by atoms with Crippen LogP contribution in [0.2, 0.25) is 0 Å². The van der Waals surface area contributed by atoms with Crippen LogP contribution >= 0.6 is 0 Å². The molecule has 1 heterocycles. The van der Waals surface area contributed by atoms with Gasteiger partial charge in [0.15, 0.2) is 0 Å². The van der Waals surface area contributed by atoms with Crippen molar-refractivity contribution < 1.29 is 14.7 Å². The van der Waals surface area contributed by atoms with E-state index < -0.39 is 5.97 Å². The van der Waals surface area contributed by atoms with Gasteiger partial charge in [0, 0.05) is 23.7 Å². The average molecular weight is 258 g/mol. The maximum atomic E-state index is 11.9. The number of nitrogens with zero attached hydrogens (tertiary/aromatic N) is 1. The molecule has 2 aromatic rings. The second-order valence-electron chi connectivity index (χ2n) is 4.26. The van der Waals surface area contributed by atoms with Crippen LogP contribution in [0.25, 0.3) is 10.9 Å². The van der Waals surface area contributed by atoms with Crippen LogP contribution in [0, 0.1) is 6.92 Å². The monoisotopic (exact) mass is 258 g/mol. The highest BCUT2D eigenvalue weighted by molar-refractivity contribution is 5.98. The van der Waals surface area contributed by atoms with Crippen LogP contribution in [0.15, 0.2) is 30.5 Å². The van der Waals surface area contributed by atoms with Crippen molar-refractivity contribution in [2.24, 2.45) is 0 Å². The number of benzene rings is 1. The number of nitrogens with one attached hydrogen (secondary N) is 1. The van der Waals surface area contributed by atoms with Crippen LogP contribution in [0.4, 0.5) is 0 Å². The van der Waals surface area contributed by atoms with E-state index >= 15 is 0 Å². The van der Waals surface area contributed by atoms with Gasteiger partial charge in [-0.15, -0.1) is 0 Å². The zero-order valence-corrected chi connectivity index (χ0v) is 10.5. The van der Waals surface area contributed by atoms with Crippen LogP contribution in [-0.4, -0.2) is 28.5 Å². The van der Waals surface area contributed by atoms with E-state index in [4.69, 9.17) is 5.11 Å². The number of carbonyl (C=O) groups excluding carboxylic acids is 1. The molecule has 1 aromatic heterocycles.